The Morgan fingerprint density at radius 1 is 1.14 bits per heavy atom. The van der Waals surface area contributed by atoms with E-state index >= 15 is 0 Å². The zero-order valence-electron chi connectivity index (χ0n) is 10.6. The number of nitrogens with two attached hydrogens (primary N) is 1. The third-order valence-electron chi connectivity index (χ3n) is 2.64. The monoisotopic (exact) mass is 310 g/mol. The Kier molecular flexibility index (Phi) is 3.92. The molecule has 0 aromatic heterocycles. The molecule has 0 unspecified atom stereocenters. The number of hydrogen-bond donors (Lipinski definition) is 3. The van der Waals surface area contributed by atoms with Gasteiger partial charge in [-0.3, -0.25) is 4.79 Å². The Bertz CT molecular complexity index is 788. The van der Waals surface area contributed by atoms with Crippen LogP contribution in [0.5, 0.6) is 5.75 Å². The highest BCUT2D eigenvalue weighted by molar-refractivity contribution is 7.89. The molecule has 0 spiro atoms. The van der Waals surface area contributed by atoms with E-state index < -0.39 is 21.7 Å². The summed E-state index contributed by atoms with van der Waals surface area (Å²) in [6.45, 7) is 0. The third kappa shape index (κ3) is 3.56. The molecule has 6 nitrogen and oxygen atoms in total. The number of benzene rings is 2. The van der Waals surface area contributed by atoms with Crippen LogP contribution >= 0.6 is 0 Å². The molecule has 0 aliphatic heterocycles. The van der Waals surface area contributed by atoms with Gasteiger partial charge in [0.25, 0.3) is 5.91 Å². The first-order valence-corrected chi connectivity index (χ1v) is 7.25. The van der Waals surface area contributed by atoms with E-state index in [9.17, 15) is 22.7 Å². The second kappa shape index (κ2) is 5.51. The number of phenolic OH excluding ortho intramolecular Hbond substituents is 1. The first-order valence-electron chi connectivity index (χ1n) is 5.70. The molecule has 0 heterocycles. The Balaban J connectivity index is 2.22. The van der Waals surface area contributed by atoms with E-state index in [-0.39, 0.29) is 21.9 Å². The van der Waals surface area contributed by atoms with Crippen molar-refractivity contribution < 1.29 is 22.7 Å². The van der Waals surface area contributed by atoms with Crippen LogP contribution in [0.1, 0.15) is 10.4 Å². The second-order valence-electron chi connectivity index (χ2n) is 4.18. The first kappa shape index (κ1) is 14.9. The summed E-state index contributed by atoms with van der Waals surface area (Å²) in [5.41, 5.74) is 0.0431. The van der Waals surface area contributed by atoms with Crippen LogP contribution in [-0.2, 0) is 10.0 Å². The topological polar surface area (TPSA) is 109 Å². The molecule has 0 saturated heterocycles. The molecule has 2 aromatic rings. The number of carbonyl (C=O) groups is 1. The largest absolute Gasteiger partial charge is 0.507 e. The summed E-state index contributed by atoms with van der Waals surface area (Å²) in [5, 5.41) is 16.9. The van der Waals surface area contributed by atoms with Gasteiger partial charge in [-0.1, -0.05) is 0 Å². The maximum absolute atomic E-state index is 13.1. The maximum atomic E-state index is 13.1. The average Bonchev–Trinajstić information content (AvgIpc) is 2.41. The van der Waals surface area contributed by atoms with Crippen LogP contribution in [0.2, 0.25) is 0 Å². The van der Waals surface area contributed by atoms with E-state index in [2.05, 4.69) is 5.32 Å². The Morgan fingerprint density at radius 2 is 1.76 bits per heavy atom. The Labute approximate surface area is 120 Å². The van der Waals surface area contributed by atoms with Gasteiger partial charge < -0.3 is 10.4 Å². The van der Waals surface area contributed by atoms with Crippen molar-refractivity contribution in [3.8, 4) is 5.75 Å². The summed E-state index contributed by atoms with van der Waals surface area (Å²) in [4.78, 5) is 11.8. The molecular formula is C13H11FN2O4S. The minimum absolute atomic E-state index is 0.103. The predicted octanol–water partition coefficient (Wildman–Crippen LogP) is 1.43. The van der Waals surface area contributed by atoms with Gasteiger partial charge >= 0.3 is 0 Å². The number of nitrogens with one attached hydrogen (secondary N) is 1. The van der Waals surface area contributed by atoms with Crippen molar-refractivity contribution in [2.75, 3.05) is 5.32 Å². The Hall–Kier alpha value is -2.45. The first-order chi connectivity index (χ1) is 9.77. The number of aromatic hydroxyl groups is 1. The van der Waals surface area contributed by atoms with Gasteiger partial charge in [-0.25, -0.2) is 17.9 Å². The molecule has 0 aliphatic rings. The number of carbonyl (C=O) groups excluding carboxylic acids is 1. The van der Waals surface area contributed by atoms with Crippen molar-refractivity contribution in [1.82, 2.24) is 0 Å². The minimum Gasteiger partial charge on any atom is -0.507 e. The summed E-state index contributed by atoms with van der Waals surface area (Å²) in [6.07, 6.45) is 0. The highest BCUT2D eigenvalue weighted by Crippen LogP contribution is 2.20. The van der Waals surface area contributed by atoms with E-state index in [1.54, 1.807) is 0 Å². The quantitative estimate of drug-likeness (QED) is 0.796. The highest BCUT2D eigenvalue weighted by atomic mass is 32.2. The van der Waals surface area contributed by atoms with E-state index in [0.717, 1.165) is 18.2 Å². The lowest BCUT2D eigenvalue weighted by Gasteiger charge is -2.07. The van der Waals surface area contributed by atoms with E-state index in [1.165, 1.54) is 24.3 Å². The molecule has 1 amide bonds. The number of hydrogen-bond acceptors (Lipinski definition) is 4. The minimum atomic E-state index is -3.81. The molecule has 4 N–H and O–H groups in total. The van der Waals surface area contributed by atoms with Gasteiger partial charge in [0, 0.05) is 5.69 Å². The van der Waals surface area contributed by atoms with Crippen LogP contribution < -0.4 is 10.5 Å². The van der Waals surface area contributed by atoms with E-state index in [1.807, 2.05) is 0 Å². The molecule has 0 bridgehead atoms. The summed E-state index contributed by atoms with van der Waals surface area (Å²) in [6, 6.07) is 8.07. The zero-order valence-corrected chi connectivity index (χ0v) is 11.4. The number of anilines is 1. The number of primary sulfonamides is 1. The fourth-order valence-electron chi connectivity index (χ4n) is 1.62. The molecule has 0 atom stereocenters. The van der Waals surface area contributed by atoms with Crippen molar-refractivity contribution >= 4 is 21.6 Å². The molecule has 110 valence electrons. The molecule has 0 radical (unpaired) electrons. The zero-order chi connectivity index (χ0) is 15.6. The Morgan fingerprint density at radius 3 is 2.33 bits per heavy atom. The van der Waals surface area contributed by atoms with Crippen molar-refractivity contribution in [2.45, 2.75) is 4.90 Å². The van der Waals surface area contributed by atoms with Crippen LogP contribution in [0.3, 0.4) is 0 Å². The van der Waals surface area contributed by atoms with Crippen LogP contribution in [0, 0.1) is 5.82 Å². The van der Waals surface area contributed by atoms with E-state index in [0.29, 0.717) is 0 Å². The van der Waals surface area contributed by atoms with Gasteiger partial charge in [-0.15, -0.1) is 0 Å². The van der Waals surface area contributed by atoms with Gasteiger partial charge in [0.1, 0.15) is 11.6 Å². The number of amides is 1. The van der Waals surface area contributed by atoms with Crippen molar-refractivity contribution in [3.63, 3.8) is 0 Å². The van der Waals surface area contributed by atoms with Gasteiger partial charge in [-0.2, -0.15) is 0 Å². The molecule has 0 aliphatic carbocycles. The summed E-state index contributed by atoms with van der Waals surface area (Å²) in [5.74, 6) is -1.76. The smallest absolute Gasteiger partial charge is 0.259 e. The maximum Gasteiger partial charge on any atom is 0.259 e. The van der Waals surface area contributed by atoms with Gasteiger partial charge in [0.2, 0.25) is 10.0 Å². The van der Waals surface area contributed by atoms with Crippen molar-refractivity contribution in [3.05, 3.63) is 53.8 Å². The highest BCUT2D eigenvalue weighted by Gasteiger charge is 2.13. The molecule has 8 heteroatoms. The lowest BCUT2D eigenvalue weighted by atomic mass is 10.1. The summed E-state index contributed by atoms with van der Waals surface area (Å²) >= 11 is 0. The molecule has 21 heavy (non-hydrogen) atoms. The second-order valence-corrected chi connectivity index (χ2v) is 5.75. The van der Waals surface area contributed by atoms with Crippen LogP contribution in [0.25, 0.3) is 0 Å². The summed E-state index contributed by atoms with van der Waals surface area (Å²) < 4.78 is 35.2. The van der Waals surface area contributed by atoms with Crippen LogP contribution in [-0.4, -0.2) is 19.4 Å². The number of halogens is 1. The number of rotatable bonds is 3. The van der Waals surface area contributed by atoms with Crippen molar-refractivity contribution in [2.24, 2.45) is 5.14 Å². The summed E-state index contributed by atoms with van der Waals surface area (Å²) in [7, 11) is -3.81. The van der Waals surface area contributed by atoms with Crippen LogP contribution in [0.15, 0.2) is 47.4 Å². The van der Waals surface area contributed by atoms with Crippen molar-refractivity contribution in [1.29, 1.82) is 0 Å². The number of sulfonamides is 1. The fraction of sp³-hybridized carbons (Fsp3) is 0. The molecule has 0 saturated carbocycles. The normalized spacial score (nSPS) is 11.1. The SMILES string of the molecule is NS(=O)(=O)c1ccc(NC(=O)c2cc(F)ccc2O)cc1. The molecule has 0 fully saturated rings. The predicted molar refractivity (Wildman–Crippen MR) is 73.8 cm³/mol. The molecular weight excluding hydrogens is 299 g/mol. The average molecular weight is 310 g/mol. The lowest BCUT2D eigenvalue weighted by Crippen LogP contribution is -2.14. The van der Waals surface area contributed by atoms with Gasteiger partial charge in [0.15, 0.2) is 0 Å². The van der Waals surface area contributed by atoms with E-state index in [4.69, 9.17) is 5.14 Å². The van der Waals surface area contributed by atoms with Gasteiger partial charge in [-0.05, 0) is 42.5 Å². The fourth-order valence-corrected chi connectivity index (χ4v) is 2.13. The third-order valence-corrected chi connectivity index (χ3v) is 3.57. The van der Waals surface area contributed by atoms with Crippen LogP contribution in [0.4, 0.5) is 10.1 Å². The lowest BCUT2D eigenvalue weighted by molar-refractivity contribution is 0.102. The van der Waals surface area contributed by atoms with Gasteiger partial charge in [0.05, 0.1) is 10.5 Å². The molecule has 2 rings (SSSR count). The number of phenols is 1. The standard InChI is InChI=1S/C13H11FN2O4S/c14-8-1-6-12(17)11(7-8)13(18)16-9-2-4-10(5-3-9)21(15,19)20/h1-7,17H,(H,16,18)(H2,15,19,20). The molecule has 2 aromatic carbocycles.